The highest BCUT2D eigenvalue weighted by atomic mass is 14.9. The van der Waals surface area contributed by atoms with Crippen molar-refractivity contribution >= 4 is 0 Å². The number of benzene rings is 2. The molecule has 2 aromatic rings. The SMILES string of the molecule is C.c1ccc(C2CCCC(c3ccccc3)NC2)cc1. The number of hydrogen-bond acceptors (Lipinski definition) is 1. The zero-order valence-electron chi connectivity index (χ0n) is 11.3. The van der Waals surface area contributed by atoms with E-state index >= 15 is 0 Å². The van der Waals surface area contributed by atoms with Crippen molar-refractivity contribution in [3.63, 3.8) is 0 Å². The van der Waals surface area contributed by atoms with Crippen molar-refractivity contribution in [2.45, 2.75) is 38.6 Å². The molecule has 1 aliphatic rings. The topological polar surface area (TPSA) is 12.0 Å². The first-order valence-electron chi connectivity index (χ1n) is 7.27. The molecule has 3 rings (SSSR count). The Labute approximate surface area is 123 Å². The summed E-state index contributed by atoms with van der Waals surface area (Å²) in [6, 6.07) is 22.3. The molecule has 2 atom stereocenters. The Morgan fingerprint density at radius 3 is 2.00 bits per heavy atom. The van der Waals surface area contributed by atoms with Crippen molar-refractivity contribution in [3.05, 3.63) is 71.8 Å². The third-order valence-corrected chi connectivity index (χ3v) is 4.13. The van der Waals surface area contributed by atoms with Gasteiger partial charge in [0, 0.05) is 12.6 Å². The van der Waals surface area contributed by atoms with Gasteiger partial charge in [-0.25, -0.2) is 0 Å². The average molecular weight is 267 g/mol. The molecule has 1 nitrogen and oxygen atoms in total. The number of hydrogen-bond donors (Lipinski definition) is 1. The first kappa shape index (κ1) is 14.8. The summed E-state index contributed by atoms with van der Waals surface area (Å²) in [6.07, 6.45) is 3.83. The molecule has 0 bridgehead atoms. The smallest absolute Gasteiger partial charge is 0.0320 e. The minimum absolute atomic E-state index is 0. The van der Waals surface area contributed by atoms with Crippen LogP contribution in [0.1, 0.15) is 49.8 Å². The summed E-state index contributed by atoms with van der Waals surface area (Å²) in [6.45, 7) is 1.09. The van der Waals surface area contributed by atoms with Gasteiger partial charge in [0.05, 0.1) is 0 Å². The Hall–Kier alpha value is -1.60. The van der Waals surface area contributed by atoms with Crippen molar-refractivity contribution in [3.8, 4) is 0 Å². The molecule has 0 aliphatic carbocycles. The van der Waals surface area contributed by atoms with Crippen LogP contribution in [0.25, 0.3) is 0 Å². The van der Waals surface area contributed by atoms with E-state index in [2.05, 4.69) is 66.0 Å². The van der Waals surface area contributed by atoms with E-state index in [1.165, 1.54) is 30.4 Å². The third-order valence-electron chi connectivity index (χ3n) is 4.13. The van der Waals surface area contributed by atoms with Crippen molar-refractivity contribution in [2.75, 3.05) is 6.54 Å². The van der Waals surface area contributed by atoms with Gasteiger partial charge in [0.15, 0.2) is 0 Å². The summed E-state index contributed by atoms with van der Waals surface area (Å²) in [4.78, 5) is 0. The third kappa shape index (κ3) is 3.49. The maximum absolute atomic E-state index is 3.75. The summed E-state index contributed by atoms with van der Waals surface area (Å²) < 4.78 is 0. The highest BCUT2D eigenvalue weighted by Gasteiger charge is 2.20. The molecule has 1 N–H and O–H groups in total. The van der Waals surface area contributed by atoms with Crippen molar-refractivity contribution in [2.24, 2.45) is 0 Å². The summed E-state index contributed by atoms with van der Waals surface area (Å²) >= 11 is 0. The van der Waals surface area contributed by atoms with Crippen LogP contribution >= 0.6 is 0 Å². The maximum atomic E-state index is 3.75. The molecule has 0 aromatic heterocycles. The minimum atomic E-state index is 0. The van der Waals surface area contributed by atoms with Crippen molar-refractivity contribution in [1.29, 1.82) is 0 Å². The Kier molecular flexibility index (Phi) is 5.37. The van der Waals surface area contributed by atoms with Crippen LogP contribution in [0.5, 0.6) is 0 Å². The van der Waals surface area contributed by atoms with Gasteiger partial charge in [-0.05, 0) is 29.9 Å². The minimum Gasteiger partial charge on any atom is -0.309 e. The van der Waals surface area contributed by atoms with E-state index in [1.807, 2.05) is 0 Å². The van der Waals surface area contributed by atoms with Crippen LogP contribution < -0.4 is 5.32 Å². The van der Waals surface area contributed by atoms with Crippen LogP contribution in [0, 0.1) is 0 Å². The summed E-state index contributed by atoms with van der Waals surface area (Å²) in [7, 11) is 0. The Bertz CT molecular complexity index is 444. The molecule has 1 heterocycles. The summed E-state index contributed by atoms with van der Waals surface area (Å²) in [5.74, 6) is 0.662. The molecule has 0 spiro atoms. The quantitative estimate of drug-likeness (QED) is 0.814. The van der Waals surface area contributed by atoms with Crippen LogP contribution in [-0.2, 0) is 0 Å². The van der Waals surface area contributed by atoms with E-state index < -0.39 is 0 Å². The van der Waals surface area contributed by atoms with Crippen molar-refractivity contribution < 1.29 is 0 Å². The van der Waals surface area contributed by atoms with Gasteiger partial charge < -0.3 is 5.32 Å². The van der Waals surface area contributed by atoms with Gasteiger partial charge in [-0.3, -0.25) is 0 Å². The second kappa shape index (κ2) is 7.25. The molecule has 0 amide bonds. The molecular formula is C19H25N. The highest BCUT2D eigenvalue weighted by molar-refractivity contribution is 5.22. The predicted molar refractivity (Wildman–Crippen MR) is 87.0 cm³/mol. The molecule has 0 saturated carbocycles. The fourth-order valence-corrected chi connectivity index (χ4v) is 3.04. The van der Waals surface area contributed by atoms with Gasteiger partial charge in [-0.2, -0.15) is 0 Å². The standard InChI is InChI=1S/C18H21N.CH4/c1-3-8-15(9-4-1)17-12-7-13-18(19-14-17)16-10-5-2-6-11-16;/h1-6,8-11,17-19H,7,12-14H2;1H4. The van der Waals surface area contributed by atoms with E-state index in [0.29, 0.717) is 12.0 Å². The van der Waals surface area contributed by atoms with E-state index in [-0.39, 0.29) is 7.43 Å². The summed E-state index contributed by atoms with van der Waals surface area (Å²) in [5, 5.41) is 3.75. The Balaban J connectivity index is 0.00000147. The largest absolute Gasteiger partial charge is 0.309 e. The lowest BCUT2D eigenvalue weighted by molar-refractivity contribution is 0.526. The molecule has 1 saturated heterocycles. The average Bonchev–Trinajstić information content (AvgIpc) is 2.75. The van der Waals surface area contributed by atoms with E-state index in [1.54, 1.807) is 0 Å². The molecule has 0 radical (unpaired) electrons. The lowest BCUT2D eigenvalue weighted by atomic mass is 9.94. The number of nitrogens with one attached hydrogen (secondary N) is 1. The first-order valence-corrected chi connectivity index (χ1v) is 7.27. The van der Waals surface area contributed by atoms with Crippen LogP contribution in [0.15, 0.2) is 60.7 Å². The van der Waals surface area contributed by atoms with Gasteiger partial charge in [0.1, 0.15) is 0 Å². The normalized spacial score (nSPS) is 22.6. The zero-order valence-corrected chi connectivity index (χ0v) is 11.3. The maximum Gasteiger partial charge on any atom is 0.0320 e. The Morgan fingerprint density at radius 2 is 1.35 bits per heavy atom. The van der Waals surface area contributed by atoms with Gasteiger partial charge in [0.2, 0.25) is 0 Å². The molecular weight excluding hydrogens is 242 g/mol. The van der Waals surface area contributed by atoms with Crippen LogP contribution in [-0.4, -0.2) is 6.54 Å². The predicted octanol–water partition coefficient (Wildman–Crippen LogP) is 4.92. The zero-order chi connectivity index (χ0) is 12.9. The van der Waals surface area contributed by atoms with Crippen LogP contribution in [0.3, 0.4) is 0 Å². The molecule has 1 fully saturated rings. The van der Waals surface area contributed by atoms with Gasteiger partial charge in [0.25, 0.3) is 0 Å². The molecule has 2 unspecified atom stereocenters. The number of rotatable bonds is 2. The van der Waals surface area contributed by atoms with Gasteiger partial charge in [-0.15, -0.1) is 0 Å². The van der Waals surface area contributed by atoms with Gasteiger partial charge >= 0.3 is 0 Å². The van der Waals surface area contributed by atoms with Gasteiger partial charge in [-0.1, -0.05) is 74.5 Å². The fourth-order valence-electron chi connectivity index (χ4n) is 3.04. The first-order chi connectivity index (χ1) is 9.43. The monoisotopic (exact) mass is 267 g/mol. The molecule has 106 valence electrons. The van der Waals surface area contributed by atoms with E-state index in [4.69, 9.17) is 0 Å². The van der Waals surface area contributed by atoms with Crippen LogP contribution in [0.4, 0.5) is 0 Å². The second-order valence-corrected chi connectivity index (χ2v) is 5.41. The second-order valence-electron chi connectivity index (χ2n) is 5.41. The molecule has 2 aromatic carbocycles. The lowest BCUT2D eigenvalue weighted by Crippen LogP contribution is -2.23. The Morgan fingerprint density at radius 1 is 0.750 bits per heavy atom. The van der Waals surface area contributed by atoms with E-state index in [9.17, 15) is 0 Å². The van der Waals surface area contributed by atoms with Crippen molar-refractivity contribution in [1.82, 2.24) is 5.32 Å². The van der Waals surface area contributed by atoms with E-state index in [0.717, 1.165) is 6.54 Å². The van der Waals surface area contributed by atoms with Crippen LogP contribution in [0.2, 0.25) is 0 Å². The fraction of sp³-hybridized carbons (Fsp3) is 0.368. The lowest BCUT2D eigenvalue weighted by Gasteiger charge is -2.18. The molecule has 1 aliphatic heterocycles. The summed E-state index contributed by atoms with van der Waals surface area (Å²) in [5.41, 5.74) is 2.90. The molecule has 1 heteroatoms. The highest BCUT2D eigenvalue weighted by Crippen LogP contribution is 2.29. The molecule has 20 heavy (non-hydrogen) atoms.